The molecule has 29 heavy (non-hydrogen) atoms. The number of anilines is 1. The fourth-order valence-corrected chi connectivity index (χ4v) is 3.73. The highest BCUT2D eigenvalue weighted by molar-refractivity contribution is 5.93. The van der Waals surface area contributed by atoms with Crippen LogP contribution in [-0.2, 0) is 20.7 Å². The van der Waals surface area contributed by atoms with E-state index in [0.717, 1.165) is 30.5 Å². The molecule has 7 nitrogen and oxygen atoms in total. The van der Waals surface area contributed by atoms with Crippen molar-refractivity contribution in [2.24, 2.45) is 5.73 Å². The lowest BCUT2D eigenvalue weighted by Crippen LogP contribution is -2.52. The summed E-state index contributed by atoms with van der Waals surface area (Å²) in [6, 6.07) is 7.87. The fraction of sp³-hybridized carbons (Fsp3) is 0.600. The van der Waals surface area contributed by atoms with Crippen LogP contribution in [0.5, 0.6) is 0 Å². The summed E-state index contributed by atoms with van der Waals surface area (Å²) in [7, 11) is 0. The predicted molar refractivity (Wildman–Crippen MR) is 119 cm³/mol. The maximum atomic E-state index is 12.6. The highest BCUT2D eigenvalue weighted by Gasteiger charge is 2.34. The predicted octanol–water partition coefficient (Wildman–Crippen LogP) is 1.68. The molecule has 9 heteroatoms. The molecule has 0 unspecified atom stereocenters. The molecule has 2 fully saturated rings. The third kappa shape index (κ3) is 6.83. The number of rotatable bonds is 6. The van der Waals surface area contributed by atoms with Crippen molar-refractivity contribution in [1.82, 2.24) is 9.80 Å². The molecular formula is C20H32Cl2N4O3. The summed E-state index contributed by atoms with van der Waals surface area (Å²) in [6.07, 6.45) is 2.15. The summed E-state index contributed by atoms with van der Waals surface area (Å²) in [4.78, 5) is 28.9. The third-order valence-corrected chi connectivity index (χ3v) is 5.37. The minimum Gasteiger partial charge on any atom is -0.364 e. The van der Waals surface area contributed by atoms with E-state index in [1.54, 1.807) is 0 Å². The number of amides is 2. The van der Waals surface area contributed by atoms with E-state index in [1.165, 1.54) is 0 Å². The van der Waals surface area contributed by atoms with Crippen molar-refractivity contribution in [3.63, 3.8) is 0 Å². The second kappa shape index (κ2) is 12.3. The van der Waals surface area contributed by atoms with E-state index in [1.807, 2.05) is 29.2 Å². The number of aryl methyl sites for hydroxylation is 1. The van der Waals surface area contributed by atoms with E-state index >= 15 is 0 Å². The van der Waals surface area contributed by atoms with Gasteiger partial charge in [0.05, 0.1) is 12.6 Å². The van der Waals surface area contributed by atoms with Gasteiger partial charge in [0.1, 0.15) is 6.10 Å². The van der Waals surface area contributed by atoms with Crippen LogP contribution >= 0.6 is 24.8 Å². The second-order valence-corrected chi connectivity index (χ2v) is 7.22. The number of nitrogens with one attached hydrogen (secondary N) is 1. The Bertz CT molecular complexity index is 669. The molecule has 1 aromatic carbocycles. The van der Waals surface area contributed by atoms with Crippen molar-refractivity contribution in [3.8, 4) is 0 Å². The Hall–Kier alpha value is -1.38. The summed E-state index contributed by atoms with van der Waals surface area (Å²) < 4.78 is 5.71. The van der Waals surface area contributed by atoms with Crippen molar-refractivity contribution in [2.75, 3.05) is 44.6 Å². The summed E-state index contributed by atoms with van der Waals surface area (Å²) in [5, 5.41) is 3.01. The van der Waals surface area contributed by atoms with Gasteiger partial charge in [-0.05, 0) is 30.9 Å². The standard InChI is InChI=1S/C20H30N4O3.2ClH/c1-2-15-5-3-4-6-17(15)22-19(25)14-23-9-11-24(12-10-23)20(26)18-8-7-16(13-21)27-18;;/h3-6,16,18H,2,7-14,21H2,1H3,(H,22,25);2*1H/t16-,18+;;/m1../s1. The number of ether oxygens (including phenoxy) is 1. The van der Waals surface area contributed by atoms with Gasteiger partial charge in [-0.3, -0.25) is 14.5 Å². The molecule has 3 N–H and O–H groups in total. The topological polar surface area (TPSA) is 87.9 Å². The van der Waals surface area contributed by atoms with Crippen LogP contribution in [0.1, 0.15) is 25.3 Å². The number of carbonyl (C=O) groups excluding carboxylic acids is 2. The first-order valence-electron chi connectivity index (χ1n) is 9.85. The third-order valence-electron chi connectivity index (χ3n) is 5.37. The molecule has 3 rings (SSSR count). The number of hydrogen-bond donors (Lipinski definition) is 2. The Labute approximate surface area is 185 Å². The Balaban J connectivity index is 0.00000210. The smallest absolute Gasteiger partial charge is 0.251 e. The molecule has 164 valence electrons. The minimum absolute atomic E-state index is 0. The van der Waals surface area contributed by atoms with Crippen LogP contribution in [0.4, 0.5) is 5.69 Å². The molecule has 0 aliphatic carbocycles. The van der Waals surface area contributed by atoms with Gasteiger partial charge in [-0.1, -0.05) is 25.1 Å². The second-order valence-electron chi connectivity index (χ2n) is 7.22. The normalized spacial score (nSPS) is 21.8. The number of carbonyl (C=O) groups is 2. The fourth-order valence-electron chi connectivity index (χ4n) is 3.73. The summed E-state index contributed by atoms with van der Waals surface area (Å²) in [5.74, 6) is 0.0486. The highest BCUT2D eigenvalue weighted by atomic mass is 35.5. The zero-order chi connectivity index (χ0) is 19.2. The monoisotopic (exact) mass is 446 g/mol. The molecule has 0 bridgehead atoms. The van der Waals surface area contributed by atoms with Gasteiger partial charge in [0.15, 0.2) is 0 Å². The first-order chi connectivity index (χ1) is 13.1. The molecule has 2 aliphatic heterocycles. The molecule has 0 radical (unpaired) electrons. The molecule has 1 aromatic rings. The first-order valence-corrected chi connectivity index (χ1v) is 9.85. The molecule has 2 aliphatic rings. The Morgan fingerprint density at radius 1 is 1.14 bits per heavy atom. The quantitative estimate of drug-likeness (QED) is 0.693. The minimum atomic E-state index is -0.348. The molecule has 0 saturated carbocycles. The molecule has 2 saturated heterocycles. The maximum absolute atomic E-state index is 12.6. The Morgan fingerprint density at radius 2 is 1.83 bits per heavy atom. The lowest BCUT2D eigenvalue weighted by atomic mass is 10.1. The number of para-hydroxylation sites is 1. The number of halogens is 2. The van der Waals surface area contributed by atoms with Crippen LogP contribution in [-0.4, -0.2) is 73.1 Å². The van der Waals surface area contributed by atoms with E-state index in [4.69, 9.17) is 10.5 Å². The van der Waals surface area contributed by atoms with Crippen LogP contribution in [0.2, 0.25) is 0 Å². The Kier molecular flexibility index (Phi) is 10.9. The van der Waals surface area contributed by atoms with Crippen LogP contribution in [0, 0.1) is 0 Å². The lowest BCUT2D eigenvalue weighted by molar-refractivity contribution is -0.144. The van der Waals surface area contributed by atoms with Crippen molar-refractivity contribution in [1.29, 1.82) is 0 Å². The number of hydrogen-bond acceptors (Lipinski definition) is 5. The summed E-state index contributed by atoms with van der Waals surface area (Å²) >= 11 is 0. The van der Waals surface area contributed by atoms with Crippen LogP contribution in [0.25, 0.3) is 0 Å². The van der Waals surface area contributed by atoms with Crippen molar-refractivity contribution in [3.05, 3.63) is 29.8 Å². The zero-order valence-corrected chi connectivity index (χ0v) is 18.5. The van der Waals surface area contributed by atoms with Crippen LogP contribution in [0.3, 0.4) is 0 Å². The highest BCUT2D eigenvalue weighted by Crippen LogP contribution is 2.21. The first kappa shape index (κ1) is 25.7. The van der Waals surface area contributed by atoms with E-state index < -0.39 is 0 Å². The molecule has 2 atom stereocenters. The molecular weight excluding hydrogens is 415 g/mol. The van der Waals surface area contributed by atoms with E-state index in [-0.39, 0.29) is 48.8 Å². The van der Waals surface area contributed by atoms with Crippen LogP contribution in [0.15, 0.2) is 24.3 Å². The van der Waals surface area contributed by atoms with Gasteiger partial charge in [0.2, 0.25) is 5.91 Å². The van der Waals surface area contributed by atoms with Gasteiger partial charge < -0.3 is 20.7 Å². The number of benzene rings is 1. The molecule has 2 amide bonds. The van der Waals surface area contributed by atoms with E-state index in [9.17, 15) is 9.59 Å². The van der Waals surface area contributed by atoms with Crippen LogP contribution < -0.4 is 11.1 Å². The summed E-state index contributed by atoms with van der Waals surface area (Å²) in [5.41, 5.74) is 7.63. The zero-order valence-electron chi connectivity index (χ0n) is 16.8. The van der Waals surface area contributed by atoms with Gasteiger partial charge in [-0.2, -0.15) is 0 Å². The molecule has 2 heterocycles. The summed E-state index contributed by atoms with van der Waals surface area (Å²) in [6.45, 7) is 5.53. The SMILES string of the molecule is CCc1ccccc1NC(=O)CN1CCN(C(=O)[C@@H]2CC[C@H](CN)O2)CC1.Cl.Cl. The van der Waals surface area contributed by atoms with Crippen molar-refractivity contribution >= 4 is 42.3 Å². The van der Waals surface area contributed by atoms with Gasteiger partial charge >= 0.3 is 0 Å². The van der Waals surface area contributed by atoms with Gasteiger partial charge in [-0.25, -0.2) is 0 Å². The number of piperazine rings is 1. The van der Waals surface area contributed by atoms with E-state index in [0.29, 0.717) is 39.3 Å². The lowest BCUT2D eigenvalue weighted by Gasteiger charge is -2.35. The molecule has 0 spiro atoms. The van der Waals surface area contributed by atoms with Crippen molar-refractivity contribution < 1.29 is 14.3 Å². The Morgan fingerprint density at radius 3 is 2.45 bits per heavy atom. The van der Waals surface area contributed by atoms with E-state index in [2.05, 4.69) is 17.1 Å². The average Bonchev–Trinajstić information content (AvgIpc) is 3.17. The molecule has 0 aromatic heterocycles. The van der Waals surface area contributed by atoms with Gasteiger partial charge in [-0.15, -0.1) is 24.8 Å². The largest absolute Gasteiger partial charge is 0.364 e. The average molecular weight is 447 g/mol. The maximum Gasteiger partial charge on any atom is 0.251 e. The van der Waals surface area contributed by atoms with Gasteiger partial charge in [0.25, 0.3) is 5.91 Å². The van der Waals surface area contributed by atoms with Gasteiger partial charge in [0, 0.05) is 38.4 Å². The number of nitrogens with zero attached hydrogens (tertiary/aromatic N) is 2. The number of nitrogens with two attached hydrogens (primary N) is 1. The van der Waals surface area contributed by atoms with Crippen molar-refractivity contribution in [2.45, 2.75) is 38.4 Å².